The zero-order chi connectivity index (χ0) is 37.1. The Labute approximate surface area is 322 Å². The second kappa shape index (κ2) is 15.9. The lowest BCUT2D eigenvalue weighted by molar-refractivity contribution is -0.384. The van der Waals surface area contributed by atoms with Gasteiger partial charge in [-0.2, -0.15) is 0 Å². The molecular weight excluding hydrogens is 724 g/mol. The van der Waals surface area contributed by atoms with Crippen LogP contribution in [0.4, 0.5) is 28.4 Å². The summed E-state index contributed by atoms with van der Waals surface area (Å²) < 4.78 is 21.5. The van der Waals surface area contributed by atoms with Gasteiger partial charge >= 0.3 is 0 Å². The van der Waals surface area contributed by atoms with Crippen LogP contribution in [0.15, 0.2) is 131 Å². The van der Waals surface area contributed by atoms with Crippen LogP contribution in [0.3, 0.4) is 0 Å². The molecule has 5 aromatic carbocycles. The highest BCUT2D eigenvalue weighted by atomic mass is 35.5. The summed E-state index contributed by atoms with van der Waals surface area (Å²) in [6, 6.07) is 38.8. The molecule has 1 aliphatic heterocycles. The molecule has 53 heavy (non-hydrogen) atoms. The standard InChI is InChI=1S/C41H39ClN6O3S2/c1-28-29(2)45(3)41(31-10-7-11-32(42)25-31)40(28)30-9-8-12-35(26-30)47-23-21-46(22-24-47)34-17-15-33(16-18-34)44-53(51)37-19-20-38(39(27-37)48(49)50)43-52-36-13-5-4-6-14-36/h4-20,25-27,43-44H,21-24H2,1-3H3. The molecule has 0 spiro atoms. The summed E-state index contributed by atoms with van der Waals surface area (Å²) in [5.74, 6) is 0. The van der Waals surface area contributed by atoms with Crippen molar-refractivity contribution < 1.29 is 9.48 Å². The first-order valence-corrected chi connectivity index (χ1v) is 19.6. The molecule has 0 bridgehead atoms. The van der Waals surface area contributed by atoms with Crippen molar-refractivity contribution in [3.05, 3.63) is 148 Å². The van der Waals surface area contributed by atoms with E-state index in [0.717, 1.165) is 53.0 Å². The van der Waals surface area contributed by atoms with Gasteiger partial charge in [0.2, 0.25) is 0 Å². The van der Waals surface area contributed by atoms with Gasteiger partial charge in [0, 0.05) is 71.3 Å². The number of halogens is 1. The Morgan fingerprint density at radius 2 is 1.45 bits per heavy atom. The monoisotopic (exact) mass is 762 g/mol. The molecule has 7 rings (SSSR count). The summed E-state index contributed by atoms with van der Waals surface area (Å²) in [6.07, 6.45) is 0. The summed E-state index contributed by atoms with van der Waals surface area (Å²) in [7, 11) is 2.12. The smallest absolute Gasteiger partial charge is 0.298 e. The fourth-order valence-corrected chi connectivity index (χ4v) is 8.49. The Morgan fingerprint density at radius 3 is 2.15 bits per heavy atom. The number of anilines is 4. The minimum atomic E-state index is -1.69. The number of nitrogens with zero attached hydrogens (tertiary/aromatic N) is 4. The molecule has 1 aliphatic rings. The lowest BCUT2D eigenvalue weighted by Gasteiger charge is -2.37. The minimum absolute atomic E-state index is 0.144. The van der Waals surface area contributed by atoms with Crippen molar-refractivity contribution in [3.63, 3.8) is 0 Å². The highest BCUT2D eigenvalue weighted by Crippen LogP contribution is 2.40. The van der Waals surface area contributed by atoms with E-state index in [-0.39, 0.29) is 5.69 Å². The lowest BCUT2D eigenvalue weighted by Crippen LogP contribution is -2.46. The van der Waals surface area contributed by atoms with E-state index in [1.165, 1.54) is 46.1 Å². The first kappa shape index (κ1) is 36.3. The number of hydrogen-bond donors (Lipinski definition) is 2. The maximum Gasteiger partial charge on any atom is 0.298 e. The average molecular weight is 763 g/mol. The molecule has 1 saturated heterocycles. The second-order valence-corrected chi connectivity index (χ2v) is 15.4. The first-order chi connectivity index (χ1) is 25.7. The number of aromatic nitrogens is 1. The van der Waals surface area contributed by atoms with Gasteiger partial charge in [-0.25, -0.2) is 4.72 Å². The van der Waals surface area contributed by atoms with Crippen molar-refractivity contribution in [1.29, 1.82) is 0 Å². The molecule has 6 aromatic rings. The van der Waals surface area contributed by atoms with Crippen molar-refractivity contribution >= 4 is 63.3 Å². The summed E-state index contributed by atoms with van der Waals surface area (Å²) >= 11 is 5.99. The maximum atomic E-state index is 13.2. The van der Waals surface area contributed by atoms with E-state index in [4.69, 9.17) is 11.6 Å². The third-order valence-corrected chi connectivity index (χ3v) is 11.9. The number of benzene rings is 5. The number of piperazine rings is 1. The van der Waals surface area contributed by atoms with Gasteiger partial charge in [-0.05, 0) is 110 Å². The van der Waals surface area contributed by atoms with Gasteiger partial charge in [-0.15, -0.1) is 0 Å². The molecule has 1 fully saturated rings. The molecule has 0 amide bonds. The van der Waals surface area contributed by atoms with E-state index in [1.807, 2.05) is 72.8 Å². The SMILES string of the molecule is Cc1c(-c2cccc(N3CCN(c4ccc(N[S+]([O-])c5ccc(NSc6ccccc6)c([N+](=O)[O-])c5)cc4)CC3)c2)c(-c2cccc(Cl)c2)n(C)c1C. The lowest BCUT2D eigenvalue weighted by atomic mass is 9.97. The van der Waals surface area contributed by atoms with Crippen molar-refractivity contribution in [2.24, 2.45) is 7.05 Å². The van der Waals surface area contributed by atoms with Crippen molar-refractivity contribution in [2.45, 2.75) is 23.6 Å². The van der Waals surface area contributed by atoms with E-state index in [2.05, 4.69) is 75.0 Å². The highest BCUT2D eigenvalue weighted by molar-refractivity contribution is 8.00. The summed E-state index contributed by atoms with van der Waals surface area (Å²) in [6.45, 7) is 7.80. The predicted molar refractivity (Wildman–Crippen MR) is 221 cm³/mol. The summed E-state index contributed by atoms with van der Waals surface area (Å²) in [4.78, 5) is 17.4. The van der Waals surface area contributed by atoms with Crippen molar-refractivity contribution in [2.75, 3.05) is 45.4 Å². The van der Waals surface area contributed by atoms with Gasteiger partial charge in [0.1, 0.15) is 17.0 Å². The summed E-state index contributed by atoms with van der Waals surface area (Å²) in [5.41, 5.74) is 10.3. The molecule has 0 radical (unpaired) electrons. The number of hydrogen-bond acceptors (Lipinski definition) is 8. The molecular formula is C41H39ClN6O3S2. The van der Waals surface area contributed by atoms with E-state index in [9.17, 15) is 14.7 Å². The molecule has 1 atom stereocenters. The van der Waals surface area contributed by atoms with Gasteiger partial charge in [0.25, 0.3) is 5.69 Å². The second-order valence-electron chi connectivity index (χ2n) is 12.9. The predicted octanol–water partition coefficient (Wildman–Crippen LogP) is 10.1. The van der Waals surface area contributed by atoms with Crippen LogP contribution in [-0.4, -0.2) is 40.2 Å². The maximum absolute atomic E-state index is 13.2. The Morgan fingerprint density at radius 1 is 0.774 bits per heavy atom. The van der Waals surface area contributed by atoms with Crippen LogP contribution in [0.5, 0.6) is 0 Å². The van der Waals surface area contributed by atoms with Gasteiger partial charge in [-0.1, -0.05) is 54.1 Å². The Balaban J connectivity index is 0.988. The molecule has 2 N–H and O–H groups in total. The zero-order valence-electron chi connectivity index (χ0n) is 29.6. The fraction of sp³-hybridized carbons (Fsp3) is 0.171. The Hall–Kier alpha value is -5.07. The third-order valence-electron chi connectivity index (χ3n) is 9.72. The average Bonchev–Trinajstić information content (AvgIpc) is 3.41. The van der Waals surface area contributed by atoms with Gasteiger partial charge in [0.15, 0.2) is 4.90 Å². The van der Waals surface area contributed by atoms with Gasteiger partial charge < -0.3 is 23.6 Å². The minimum Gasteiger partial charge on any atom is -0.588 e. The van der Waals surface area contributed by atoms with E-state index >= 15 is 0 Å². The molecule has 2 heterocycles. The molecule has 1 aromatic heterocycles. The zero-order valence-corrected chi connectivity index (χ0v) is 32.0. The van der Waals surface area contributed by atoms with Crippen LogP contribution >= 0.6 is 23.5 Å². The van der Waals surface area contributed by atoms with E-state index in [0.29, 0.717) is 16.3 Å². The van der Waals surface area contributed by atoms with Crippen LogP contribution in [0.1, 0.15) is 11.3 Å². The van der Waals surface area contributed by atoms with Crippen molar-refractivity contribution in [3.8, 4) is 22.4 Å². The van der Waals surface area contributed by atoms with Crippen LogP contribution in [0, 0.1) is 24.0 Å². The normalized spacial score (nSPS) is 13.5. The Kier molecular flexibility index (Phi) is 10.9. The molecule has 9 nitrogen and oxygen atoms in total. The molecule has 0 saturated carbocycles. The van der Waals surface area contributed by atoms with E-state index < -0.39 is 16.3 Å². The summed E-state index contributed by atoms with van der Waals surface area (Å²) in [5, 5.41) is 12.6. The fourth-order valence-electron chi connectivity index (χ4n) is 6.73. The van der Waals surface area contributed by atoms with Crippen LogP contribution in [0.25, 0.3) is 22.4 Å². The van der Waals surface area contributed by atoms with Gasteiger partial charge in [0.05, 0.1) is 22.4 Å². The molecule has 12 heteroatoms. The molecule has 0 aliphatic carbocycles. The highest BCUT2D eigenvalue weighted by Gasteiger charge is 2.24. The molecule has 1 unspecified atom stereocenters. The molecule has 270 valence electrons. The quantitative estimate of drug-likeness (QED) is 0.0582. The van der Waals surface area contributed by atoms with E-state index in [1.54, 1.807) is 12.1 Å². The van der Waals surface area contributed by atoms with Crippen molar-refractivity contribution in [1.82, 2.24) is 4.57 Å². The third kappa shape index (κ3) is 7.98. The van der Waals surface area contributed by atoms with Crippen LogP contribution in [-0.2, 0) is 18.4 Å². The topological polar surface area (TPSA) is 102 Å². The number of nitro groups is 1. The van der Waals surface area contributed by atoms with Gasteiger partial charge in [-0.3, -0.25) is 10.1 Å². The Bertz CT molecular complexity index is 2240. The van der Waals surface area contributed by atoms with Crippen LogP contribution < -0.4 is 19.2 Å². The first-order valence-electron chi connectivity index (χ1n) is 17.2. The number of nitro benzene ring substituents is 1. The largest absolute Gasteiger partial charge is 0.588 e. The van der Waals surface area contributed by atoms with Crippen LogP contribution in [0.2, 0.25) is 5.02 Å². The number of nitrogens with one attached hydrogen (secondary N) is 2. The number of rotatable bonds is 11.